The predicted molar refractivity (Wildman–Crippen MR) is 60.7 cm³/mol. The molecule has 1 aromatic heterocycles. The molecule has 16 heavy (non-hydrogen) atoms. The number of hydrogen-bond donors (Lipinski definition) is 3. The molecule has 0 saturated carbocycles. The van der Waals surface area contributed by atoms with E-state index in [1.807, 2.05) is 0 Å². The fourth-order valence-electron chi connectivity index (χ4n) is 2.16. The van der Waals surface area contributed by atoms with Crippen LogP contribution < -0.4 is 10.6 Å². The van der Waals surface area contributed by atoms with E-state index in [1.165, 1.54) is 25.8 Å². The molecule has 2 atom stereocenters. The molecule has 0 amide bonds. The maximum atomic E-state index is 3.91. The predicted octanol–water partition coefficient (Wildman–Crippen LogP) is 0.210. The first-order valence-corrected chi connectivity index (χ1v) is 6.03. The zero-order valence-electron chi connectivity index (χ0n) is 9.74. The van der Waals surface area contributed by atoms with Gasteiger partial charge in [0.05, 0.1) is 6.54 Å². The highest BCUT2D eigenvalue weighted by Crippen LogP contribution is 2.11. The largest absolute Gasteiger partial charge is 0.314 e. The molecular formula is C10H20N6. The molecule has 2 heterocycles. The van der Waals surface area contributed by atoms with Crippen LogP contribution in [0.5, 0.6) is 0 Å². The lowest BCUT2D eigenvalue weighted by atomic mass is 9.99. The van der Waals surface area contributed by atoms with Crippen LogP contribution in [0.4, 0.5) is 0 Å². The van der Waals surface area contributed by atoms with Gasteiger partial charge in [-0.1, -0.05) is 11.6 Å². The molecule has 0 bridgehead atoms. The molecule has 2 rings (SSSR count). The number of aromatic amines is 1. The van der Waals surface area contributed by atoms with Crippen LogP contribution in [0.15, 0.2) is 0 Å². The highest BCUT2D eigenvalue weighted by molar-refractivity contribution is 4.80. The molecule has 1 aliphatic rings. The maximum absolute atomic E-state index is 3.91. The Hall–Kier alpha value is -1.01. The Kier molecular flexibility index (Phi) is 4.24. The molecule has 0 aliphatic carbocycles. The van der Waals surface area contributed by atoms with Crippen molar-refractivity contribution in [2.24, 2.45) is 0 Å². The van der Waals surface area contributed by atoms with E-state index in [-0.39, 0.29) is 0 Å². The van der Waals surface area contributed by atoms with E-state index in [1.54, 1.807) is 0 Å². The topological polar surface area (TPSA) is 78.5 Å². The van der Waals surface area contributed by atoms with Gasteiger partial charge in [-0.25, -0.2) is 0 Å². The second-order valence-electron chi connectivity index (χ2n) is 4.49. The summed E-state index contributed by atoms with van der Waals surface area (Å²) in [5, 5.41) is 20.8. The Morgan fingerprint density at radius 1 is 1.50 bits per heavy atom. The van der Waals surface area contributed by atoms with Gasteiger partial charge in [0, 0.05) is 12.1 Å². The SMILES string of the molecule is CC(CC1CCCCN1)NCc1nn[nH]n1. The summed E-state index contributed by atoms with van der Waals surface area (Å²) in [6.45, 7) is 4.06. The van der Waals surface area contributed by atoms with Crippen LogP contribution in [0.3, 0.4) is 0 Å². The van der Waals surface area contributed by atoms with Gasteiger partial charge in [0.1, 0.15) is 0 Å². The highest BCUT2D eigenvalue weighted by Gasteiger charge is 2.15. The molecule has 3 N–H and O–H groups in total. The molecule has 1 aromatic rings. The van der Waals surface area contributed by atoms with Gasteiger partial charge >= 0.3 is 0 Å². The number of nitrogens with zero attached hydrogens (tertiary/aromatic N) is 3. The summed E-state index contributed by atoms with van der Waals surface area (Å²) in [6, 6.07) is 1.15. The second-order valence-corrected chi connectivity index (χ2v) is 4.49. The lowest BCUT2D eigenvalue weighted by molar-refractivity contribution is 0.343. The van der Waals surface area contributed by atoms with Gasteiger partial charge in [-0.15, -0.1) is 10.2 Å². The fourth-order valence-corrected chi connectivity index (χ4v) is 2.16. The van der Waals surface area contributed by atoms with E-state index in [9.17, 15) is 0 Å². The van der Waals surface area contributed by atoms with Crippen LogP contribution in [0.25, 0.3) is 0 Å². The van der Waals surface area contributed by atoms with Crippen molar-refractivity contribution >= 4 is 0 Å². The molecule has 0 spiro atoms. The Balaban J connectivity index is 1.65. The summed E-state index contributed by atoms with van der Waals surface area (Å²) >= 11 is 0. The molecule has 0 radical (unpaired) electrons. The minimum atomic E-state index is 0.481. The standard InChI is InChI=1S/C10H20N6/c1-8(6-9-4-2-3-5-11-9)12-7-10-13-15-16-14-10/h8-9,11-12H,2-7H2,1H3,(H,13,14,15,16). The Morgan fingerprint density at radius 2 is 2.44 bits per heavy atom. The lowest BCUT2D eigenvalue weighted by Crippen LogP contribution is -2.39. The van der Waals surface area contributed by atoms with Crippen molar-refractivity contribution in [2.45, 2.75) is 51.2 Å². The quantitative estimate of drug-likeness (QED) is 0.666. The summed E-state index contributed by atoms with van der Waals surface area (Å²) < 4.78 is 0. The zero-order chi connectivity index (χ0) is 11.2. The first-order chi connectivity index (χ1) is 7.84. The Bertz CT molecular complexity index is 280. The van der Waals surface area contributed by atoms with Crippen molar-refractivity contribution in [3.63, 3.8) is 0 Å². The number of tetrazole rings is 1. The summed E-state index contributed by atoms with van der Waals surface area (Å²) in [5.41, 5.74) is 0. The Labute approximate surface area is 95.6 Å². The molecule has 1 fully saturated rings. The number of H-pyrrole nitrogens is 1. The molecule has 0 aromatic carbocycles. The van der Waals surface area contributed by atoms with E-state index in [0.29, 0.717) is 18.6 Å². The first-order valence-electron chi connectivity index (χ1n) is 6.03. The Morgan fingerprint density at radius 3 is 3.12 bits per heavy atom. The molecule has 2 unspecified atom stereocenters. The van der Waals surface area contributed by atoms with E-state index in [0.717, 1.165) is 12.2 Å². The summed E-state index contributed by atoms with van der Waals surface area (Å²) in [4.78, 5) is 0. The van der Waals surface area contributed by atoms with E-state index in [4.69, 9.17) is 0 Å². The van der Waals surface area contributed by atoms with E-state index < -0.39 is 0 Å². The second kappa shape index (κ2) is 5.91. The van der Waals surface area contributed by atoms with Crippen molar-refractivity contribution in [3.8, 4) is 0 Å². The van der Waals surface area contributed by atoms with E-state index in [2.05, 4.69) is 38.2 Å². The van der Waals surface area contributed by atoms with Crippen LogP contribution in [0.1, 0.15) is 38.4 Å². The molecule has 90 valence electrons. The number of rotatable bonds is 5. The average molecular weight is 224 g/mol. The highest BCUT2D eigenvalue weighted by atomic mass is 15.5. The average Bonchev–Trinajstić information content (AvgIpc) is 2.81. The van der Waals surface area contributed by atoms with Crippen molar-refractivity contribution < 1.29 is 0 Å². The molecule has 6 heteroatoms. The van der Waals surface area contributed by atoms with Crippen molar-refractivity contribution in [1.29, 1.82) is 0 Å². The molecule has 1 aliphatic heterocycles. The van der Waals surface area contributed by atoms with Crippen molar-refractivity contribution in [2.75, 3.05) is 6.54 Å². The summed E-state index contributed by atoms with van der Waals surface area (Å²) in [5.74, 6) is 0.725. The smallest absolute Gasteiger partial charge is 0.188 e. The minimum absolute atomic E-state index is 0.481. The molecule has 6 nitrogen and oxygen atoms in total. The van der Waals surface area contributed by atoms with Gasteiger partial charge < -0.3 is 10.6 Å². The van der Waals surface area contributed by atoms with Crippen LogP contribution in [0, 0.1) is 0 Å². The monoisotopic (exact) mass is 224 g/mol. The minimum Gasteiger partial charge on any atom is -0.314 e. The van der Waals surface area contributed by atoms with Crippen molar-refractivity contribution in [1.82, 2.24) is 31.3 Å². The molecular weight excluding hydrogens is 204 g/mol. The number of nitrogens with one attached hydrogen (secondary N) is 3. The van der Waals surface area contributed by atoms with Crippen LogP contribution in [-0.2, 0) is 6.54 Å². The third-order valence-electron chi connectivity index (χ3n) is 3.05. The van der Waals surface area contributed by atoms with Gasteiger partial charge in [0.15, 0.2) is 5.82 Å². The van der Waals surface area contributed by atoms with Gasteiger partial charge in [0.25, 0.3) is 0 Å². The van der Waals surface area contributed by atoms with Gasteiger partial charge in [0.2, 0.25) is 0 Å². The lowest BCUT2D eigenvalue weighted by Gasteiger charge is -2.26. The zero-order valence-corrected chi connectivity index (χ0v) is 9.74. The maximum Gasteiger partial charge on any atom is 0.188 e. The molecule has 1 saturated heterocycles. The van der Waals surface area contributed by atoms with E-state index >= 15 is 0 Å². The third kappa shape index (κ3) is 3.53. The number of aromatic nitrogens is 4. The van der Waals surface area contributed by atoms with Gasteiger partial charge in [-0.3, -0.25) is 0 Å². The van der Waals surface area contributed by atoms with Crippen LogP contribution in [-0.4, -0.2) is 39.3 Å². The van der Waals surface area contributed by atoms with Crippen LogP contribution in [0.2, 0.25) is 0 Å². The van der Waals surface area contributed by atoms with Crippen molar-refractivity contribution in [3.05, 3.63) is 5.82 Å². The normalized spacial score (nSPS) is 23.2. The first kappa shape index (κ1) is 11.5. The fraction of sp³-hybridized carbons (Fsp3) is 0.900. The summed E-state index contributed by atoms with van der Waals surface area (Å²) in [6.07, 6.45) is 5.14. The van der Waals surface area contributed by atoms with Crippen LogP contribution >= 0.6 is 0 Å². The third-order valence-corrected chi connectivity index (χ3v) is 3.05. The summed E-state index contributed by atoms with van der Waals surface area (Å²) in [7, 11) is 0. The van der Waals surface area contributed by atoms with Gasteiger partial charge in [-0.2, -0.15) is 5.21 Å². The van der Waals surface area contributed by atoms with Gasteiger partial charge in [-0.05, 0) is 32.7 Å². The number of piperidine rings is 1. The number of hydrogen-bond acceptors (Lipinski definition) is 5.